The van der Waals surface area contributed by atoms with Crippen LogP contribution in [0.25, 0.3) is 11.3 Å². The van der Waals surface area contributed by atoms with Gasteiger partial charge in [0.25, 0.3) is 0 Å². The Morgan fingerprint density at radius 1 is 1.38 bits per heavy atom. The van der Waals surface area contributed by atoms with Crippen LogP contribution < -0.4 is 10.6 Å². The van der Waals surface area contributed by atoms with Crippen molar-refractivity contribution in [2.24, 2.45) is 0 Å². The van der Waals surface area contributed by atoms with Crippen molar-refractivity contribution in [2.45, 2.75) is 11.7 Å². The van der Waals surface area contributed by atoms with Crippen LogP contribution in [0, 0.1) is 0 Å². The Morgan fingerprint density at radius 3 is 2.71 bits per heavy atom. The molecule has 0 aliphatic heterocycles. The maximum atomic E-state index is 11.7. The first-order valence-electron chi connectivity index (χ1n) is 7.12. The maximum Gasteiger partial charge on any atom is 0.321 e. The largest absolute Gasteiger partial charge is 0.341 e. The second-order valence-electron chi connectivity index (χ2n) is 4.75. The summed E-state index contributed by atoms with van der Waals surface area (Å²) in [6.07, 6.45) is 3.50. The van der Waals surface area contributed by atoms with Gasteiger partial charge in [0, 0.05) is 18.6 Å². The number of carbonyl (C=O) groups is 2. The molecule has 0 saturated carbocycles. The number of aromatic nitrogens is 2. The Bertz CT molecular complexity index is 743. The summed E-state index contributed by atoms with van der Waals surface area (Å²) in [7, 11) is 1.45. The van der Waals surface area contributed by atoms with Crippen LogP contribution in [-0.2, 0) is 11.3 Å². The maximum absolute atomic E-state index is 11.7. The van der Waals surface area contributed by atoms with Gasteiger partial charge in [-0.25, -0.2) is 9.78 Å². The first-order valence-corrected chi connectivity index (χ1v) is 8.48. The fourth-order valence-electron chi connectivity index (χ4n) is 1.99. The SMILES string of the molecule is C=CCn1c(-c2ccc(Cl)cc2)cnc1SCC(=O)NC(=O)NC. The minimum Gasteiger partial charge on any atom is -0.341 e. The van der Waals surface area contributed by atoms with E-state index in [-0.39, 0.29) is 11.7 Å². The molecule has 0 radical (unpaired) electrons. The zero-order chi connectivity index (χ0) is 17.5. The normalized spacial score (nSPS) is 10.2. The van der Waals surface area contributed by atoms with Crippen molar-refractivity contribution in [1.29, 1.82) is 0 Å². The molecule has 0 atom stereocenters. The van der Waals surface area contributed by atoms with Gasteiger partial charge in [-0.1, -0.05) is 41.6 Å². The lowest BCUT2D eigenvalue weighted by Crippen LogP contribution is -2.38. The summed E-state index contributed by atoms with van der Waals surface area (Å²) >= 11 is 7.18. The number of carbonyl (C=O) groups excluding carboxylic acids is 2. The van der Waals surface area contributed by atoms with E-state index in [0.29, 0.717) is 16.7 Å². The van der Waals surface area contributed by atoms with Crippen molar-refractivity contribution in [2.75, 3.05) is 12.8 Å². The molecule has 0 spiro atoms. The standard InChI is InChI=1S/C16H17ClN4O2S/c1-3-8-21-13(11-4-6-12(17)7-5-11)9-19-16(21)24-10-14(22)20-15(23)18-2/h3-7,9H,1,8,10H2,2H3,(H2,18,20,22,23). The van der Waals surface area contributed by atoms with E-state index in [0.717, 1.165) is 11.3 Å². The Kier molecular flexibility index (Phi) is 6.45. The van der Waals surface area contributed by atoms with Crippen LogP contribution in [0.2, 0.25) is 5.02 Å². The van der Waals surface area contributed by atoms with Gasteiger partial charge in [-0.15, -0.1) is 6.58 Å². The molecule has 6 nitrogen and oxygen atoms in total. The van der Waals surface area contributed by atoms with Crippen molar-refractivity contribution < 1.29 is 9.59 Å². The second kappa shape index (κ2) is 8.56. The molecule has 1 aromatic carbocycles. The molecule has 2 rings (SSSR count). The number of urea groups is 1. The molecule has 3 amide bonds. The predicted molar refractivity (Wildman–Crippen MR) is 96.2 cm³/mol. The number of thioether (sulfide) groups is 1. The first-order chi connectivity index (χ1) is 11.5. The summed E-state index contributed by atoms with van der Waals surface area (Å²) in [5.74, 6) is -0.303. The van der Waals surface area contributed by atoms with Crippen LogP contribution in [0.15, 0.2) is 48.3 Å². The number of hydrogen-bond donors (Lipinski definition) is 2. The van der Waals surface area contributed by atoms with E-state index in [1.165, 1.54) is 18.8 Å². The third-order valence-corrected chi connectivity index (χ3v) is 4.33. The van der Waals surface area contributed by atoms with Gasteiger partial charge in [0.1, 0.15) is 0 Å². The smallest absolute Gasteiger partial charge is 0.321 e. The third-order valence-electron chi connectivity index (χ3n) is 3.08. The number of imide groups is 1. The predicted octanol–water partition coefficient (Wildman–Crippen LogP) is 2.94. The van der Waals surface area contributed by atoms with Gasteiger partial charge < -0.3 is 9.88 Å². The van der Waals surface area contributed by atoms with Crippen LogP contribution in [0.5, 0.6) is 0 Å². The van der Waals surface area contributed by atoms with Crippen molar-refractivity contribution in [3.05, 3.63) is 48.1 Å². The first kappa shape index (κ1) is 18.1. The minimum absolute atomic E-state index is 0.0850. The number of allylic oxidation sites excluding steroid dienone is 1. The highest BCUT2D eigenvalue weighted by Crippen LogP contribution is 2.27. The Hall–Kier alpha value is -2.25. The van der Waals surface area contributed by atoms with E-state index in [1.807, 2.05) is 28.8 Å². The summed E-state index contributed by atoms with van der Waals surface area (Å²) in [4.78, 5) is 27.2. The molecule has 24 heavy (non-hydrogen) atoms. The Labute approximate surface area is 149 Å². The molecule has 1 heterocycles. The average Bonchev–Trinajstić information content (AvgIpc) is 2.97. The molecular weight excluding hydrogens is 348 g/mol. The van der Waals surface area contributed by atoms with E-state index in [1.54, 1.807) is 12.3 Å². The lowest BCUT2D eigenvalue weighted by Gasteiger charge is -2.09. The zero-order valence-corrected chi connectivity index (χ0v) is 14.7. The molecular formula is C16H17ClN4O2S. The highest BCUT2D eigenvalue weighted by molar-refractivity contribution is 7.99. The number of nitrogens with one attached hydrogen (secondary N) is 2. The number of imidazole rings is 1. The van der Waals surface area contributed by atoms with Gasteiger partial charge in [-0.2, -0.15) is 0 Å². The number of halogens is 1. The number of nitrogens with zero attached hydrogens (tertiary/aromatic N) is 2. The minimum atomic E-state index is -0.531. The highest BCUT2D eigenvalue weighted by Gasteiger charge is 2.14. The molecule has 0 aliphatic rings. The molecule has 8 heteroatoms. The summed E-state index contributed by atoms with van der Waals surface area (Å²) in [5.41, 5.74) is 1.87. The van der Waals surface area contributed by atoms with Crippen molar-refractivity contribution in [1.82, 2.24) is 20.2 Å². The highest BCUT2D eigenvalue weighted by atomic mass is 35.5. The number of amides is 3. The summed E-state index contributed by atoms with van der Waals surface area (Å²) in [5, 5.41) is 5.88. The topological polar surface area (TPSA) is 76.0 Å². The lowest BCUT2D eigenvalue weighted by atomic mass is 10.2. The quantitative estimate of drug-likeness (QED) is 0.610. The molecule has 0 bridgehead atoms. The monoisotopic (exact) mass is 364 g/mol. The number of rotatable bonds is 6. The Morgan fingerprint density at radius 2 is 2.08 bits per heavy atom. The van der Waals surface area contributed by atoms with Gasteiger partial charge in [0.15, 0.2) is 5.16 Å². The molecule has 0 unspecified atom stereocenters. The van der Waals surface area contributed by atoms with Gasteiger partial charge in [-0.05, 0) is 17.7 Å². The van der Waals surface area contributed by atoms with Crippen LogP contribution in [0.3, 0.4) is 0 Å². The van der Waals surface area contributed by atoms with Crippen LogP contribution >= 0.6 is 23.4 Å². The zero-order valence-electron chi connectivity index (χ0n) is 13.1. The fourth-order valence-corrected chi connectivity index (χ4v) is 2.90. The number of hydrogen-bond acceptors (Lipinski definition) is 4. The summed E-state index contributed by atoms with van der Waals surface area (Å²) < 4.78 is 1.95. The number of benzene rings is 1. The van der Waals surface area contributed by atoms with E-state index < -0.39 is 6.03 Å². The van der Waals surface area contributed by atoms with Gasteiger partial charge in [0.05, 0.1) is 17.6 Å². The van der Waals surface area contributed by atoms with E-state index in [9.17, 15) is 9.59 Å². The van der Waals surface area contributed by atoms with Gasteiger partial charge in [-0.3, -0.25) is 10.1 Å². The molecule has 0 saturated heterocycles. The second-order valence-corrected chi connectivity index (χ2v) is 6.13. The van der Waals surface area contributed by atoms with Gasteiger partial charge >= 0.3 is 6.03 Å². The van der Waals surface area contributed by atoms with Gasteiger partial charge in [0.2, 0.25) is 5.91 Å². The molecule has 2 aromatic rings. The fraction of sp³-hybridized carbons (Fsp3) is 0.188. The van der Waals surface area contributed by atoms with Crippen molar-refractivity contribution >= 4 is 35.3 Å². The molecule has 0 fully saturated rings. The van der Waals surface area contributed by atoms with Crippen LogP contribution in [-0.4, -0.2) is 34.3 Å². The summed E-state index contributed by atoms with van der Waals surface area (Å²) in [6.45, 7) is 4.31. The molecule has 2 N–H and O–H groups in total. The van der Waals surface area contributed by atoms with Crippen LogP contribution in [0.1, 0.15) is 0 Å². The third kappa shape index (κ3) is 4.62. The molecule has 0 aliphatic carbocycles. The van der Waals surface area contributed by atoms with E-state index in [4.69, 9.17) is 11.6 Å². The Balaban J connectivity index is 2.16. The van der Waals surface area contributed by atoms with Crippen molar-refractivity contribution in [3.63, 3.8) is 0 Å². The summed E-state index contributed by atoms with van der Waals surface area (Å²) in [6, 6.07) is 6.91. The molecule has 1 aromatic heterocycles. The van der Waals surface area contributed by atoms with E-state index in [2.05, 4.69) is 22.2 Å². The molecule has 126 valence electrons. The lowest BCUT2D eigenvalue weighted by molar-refractivity contribution is -0.117. The average molecular weight is 365 g/mol. The van der Waals surface area contributed by atoms with E-state index >= 15 is 0 Å². The van der Waals surface area contributed by atoms with Crippen LogP contribution in [0.4, 0.5) is 4.79 Å². The van der Waals surface area contributed by atoms with Crippen molar-refractivity contribution in [3.8, 4) is 11.3 Å².